The quantitative estimate of drug-likeness (QED) is 0.863. The van der Waals surface area contributed by atoms with Crippen molar-refractivity contribution in [3.05, 3.63) is 48.3 Å². The molecule has 0 bridgehead atoms. The molecule has 1 aromatic carbocycles. The van der Waals surface area contributed by atoms with Gasteiger partial charge in [-0.15, -0.1) is 6.58 Å². The van der Waals surface area contributed by atoms with Crippen LogP contribution < -0.4 is 5.32 Å². The molecule has 4 nitrogen and oxygen atoms in total. The minimum atomic E-state index is -0.438. The Morgan fingerprint density at radius 2 is 2.33 bits per heavy atom. The summed E-state index contributed by atoms with van der Waals surface area (Å²) < 4.78 is 13.5. The average Bonchev–Trinajstić information content (AvgIpc) is 2.47. The van der Waals surface area contributed by atoms with Crippen molar-refractivity contribution in [1.29, 1.82) is 0 Å². The predicted octanol–water partition coefficient (Wildman–Crippen LogP) is 2.04. The van der Waals surface area contributed by atoms with Crippen molar-refractivity contribution in [1.82, 2.24) is 10.2 Å². The predicted molar refractivity (Wildman–Crippen MR) is 77.8 cm³/mol. The molecule has 0 spiro atoms. The molecule has 112 valence electrons. The molecule has 21 heavy (non-hydrogen) atoms. The first-order valence-electron chi connectivity index (χ1n) is 6.94. The van der Waals surface area contributed by atoms with Crippen molar-refractivity contribution < 1.29 is 14.0 Å². The lowest BCUT2D eigenvalue weighted by Gasteiger charge is -2.38. The van der Waals surface area contributed by atoms with Gasteiger partial charge in [0.05, 0.1) is 12.0 Å². The van der Waals surface area contributed by atoms with Gasteiger partial charge >= 0.3 is 0 Å². The number of benzene rings is 1. The SMILES string of the molecule is C=CCNC(=O)[C@H]1CCC(=O)N(C)[C@@H]1c1cccc(F)c1. The summed E-state index contributed by atoms with van der Waals surface area (Å²) in [6.45, 7) is 3.94. The Bertz CT molecular complexity index is 559. The molecular weight excluding hydrogens is 271 g/mol. The molecule has 1 aromatic rings. The molecule has 0 unspecified atom stereocenters. The maximum absolute atomic E-state index is 13.5. The van der Waals surface area contributed by atoms with Crippen LogP contribution >= 0.6 is 0 Å². The zero-order valence-electron chi connectivity index (χ0n) is 12.0. The van der Waals surface area contributed by atoms with Gasteiger partial charge in [-0.25, -0.2) is 4.39 Å². The van der Waals surface area contributed by atoms with Gasteiger partial charge < -0.3 is 10.2 Å². The largest absolute Gasteiger partial charge is 0.352 e. The second-order valence-electron chi connectivity index (χ2n) is 5.18. The highest BCUT2D eigenvalue weighted by molar-refractivity contribution is 5.85. The third-order valence-corrected chi connectivity index (χ3v) is 3.81. The lowest BCUT2D eigenvalue weighted by molar-refractivity contribution is -0.141. The molecule has 0 aromatic heterocycles. The van der Waals surface area contributed by atoms with Gasteiger partial charge in [-0.1, -0.05) is 18.2 Å². The van der Waals surface area contributed by atoms with Crippen LogP contribution in [0.3, 0.4) is 0 Å². The van der Waals surface area contributed by atoms with Gasteiger partial charge in [-0.05, 0) is 24.1 Å². The Hall–Kier alpha value is -2.17. The Kier molecular flexibility index (Phi) is 4.73. The molecule has 1 fully saturated rings. The summed E-state index contributed by atoms with van der Waals surface area (Å²) in [6.07, 6.45) is 2.40. The first kappa shape index (κ1) is 15.2. The van der Waals surface area contributed by atoms with Gasteiger partial charge in [0.2, 0.25) is 11.8 Å². The van der Waals surface area contributed by atoms with Crippen molar-refractivity contribution in [2.75, 3.05) is 13.6 Å². The second kappa shape index (κ2) is 6.52. The fourth-order valence-corrected chi connectivity index (χ4v) is 2.76. The molecule has 1 N–H and O–H groups in total. The van der Waals surface area contributed by atoms with E-state index in [4.69, 9.17) is 0 Å². The van der Waals surface area contributed by atoms with Crippen LogP contribution in [0, 0.1) is 11.7 Å². The molecule has 0 saturated carbocycles. The van der Waals surface area contributed by atoms with E-state index in [2.05, 4.69) is 11.9 Å². The van der Waals surface area contributed by atoms with Crippen LogP contribution in [-0.2, 0) is 9.59 Å². The van der Waals surface area contributed by atoms with E-state index in [-0.39, 0.29) is 23.5 Å². The summed E-state index contributed by atoms with van der Waals surface area (Å²) in [5.41, 5.74) is 0.643. The Labute approximate surface area is 123 Å². The number of likely N-dealkylation sites (tertiary alicyclic amines) is 1. The number of carbonyl (C=O) groups excluding carboxylic acids is 2. The number of amides is 2. The molecule has 0 radical (unpaired) electrons. The van der Waals surface area contributed by atoms with Crippen LogP contribution in [0.4, 0.5) is 4.39 Å². The number of nitrogens with one attached hydrogen (secondary N) is 1. The minimum Gasteiger partial charge on any atom is -0.352 e. The number of halogens is 1. The first-order chi connectivity index (χ1) is 10.0. The maximum Gasteiger partial charge on any atom is 0.225 e. The zero-order valence-corrected chi connectivity index (χ0v) is 12.0. The number of carbonyl (C=O) groups is 2. The van der Waals surface area contributed by atoms with Crippen LogP contribution in [0.25, 0.3) is 0 Å². The van der Waals surface area contributed by atoms with Gasteiger partial charge in [0.15, 0.2) is 0 Å². The molecule has 1 saturated heterocycles. The smallest absolute Gasteiger partial charge is 0.225 e. The van der Waals surface area contributed by atoms with Crippen molar-refractivity contribution in [2.45, 2.75) is 18.9 Å². The van der Waals surface area contributed by atoms with E-state index in [1.807, 2.05) is 0 Å². The Balaban J connectivity index is 2.31. The molecule has 1 aliphatic heterocycles. The van der Waals surface area contributed by atoms with Gasteiger partial charge in [0.25, 0.3) is 0 Å². The highest BCUT2D eigenvalue weighted by Gasteiger charge is 2.38. The summed E-state index contributed by atoms with van der Waals surface area (Å²) in [7, 11) is 1.66. The summed E-state index contributed by atoms with van der Waals surface area (Å²) in [5, 5.41) is 2.76. The highest BCUT2D eigenvalue weighted by atomic mass is 19.1. The summed E-state index contributed by atoms with van der Waals surface area (Å²) >= 11 is 0. The van der Waals surface area contributed by atoms with Crippen molar-refractivity contribution in [3.63, 3.8) is 0 Å². The molecule has 5 heteroatoms. The van der Waals surface area contributed by atoms with Gasteiger partial charge in [-0.2, -0.15) is 0 Å². The summed E-state index contributed by atoms with van der Waals surface area (Å²) in [5.74, 6) is -0.917. The standard InChI is InChI=1S/C16H19FN2O2/c1-3-9-18-16(21)13-7-8-14(20)19(2)15(13)11-5-4-6-12(17)10-11/h3-6,10,13,15H,1,7-9H2,2H3,(H,18,21)/t13-,15+/m0/s1. The van der Waals surface area contributed by atoms with Crippen molar-refractivity contribution in [2.24, 2.45) is 5.92 Å². The minimum absolute atomic E-state index is 0.0305. The van der Waals surface area contributed by atoms with Crippen LogP contribution in [0.5, 0.6) is 0 Å². The lowest BCUT2D eigenvalue weighted by atomic mass is 9.84. The van der Waals surface area contributed by atoms with Crippen molar-refractivity contribution >= 4 is 11.8 Å². The molecule has 2 atom stereocenters. The summed E-state index contributed by atoms with van der Waals surface area (Å²) in [4.78, 5) is 25.8. The van der Waals surface area contributed by atoms with E-state index in [0.29, 0.717) is 24.9 Å². The highest BCUT2D eigenvalue weighted by Crippen LogP contribution is 2.36. The van der Waals surface area contributed by atoms with Crippen LogP contribution in [0.15, 0.2) is 36.9 Å². The molecule has 0 aliphatic carbocycles. The van der Waals surface area contributed by atoms with Gasteiger partial charge in [0.1, 0.15) is 5.82 Å². The average molecular weight is 290 g/mol. The van der Waals surface area contributed by atoms with E-state index >= 15 is 0 Å². The monoisotopic (exact) mass is 290 g/mol. The number of nitrogens with zero attached hydrogens (tertiary/aromatic N) is 1. The normalized spacial score (nSPS) is 22.0. The topological polar surface area (TPSA) is 49.4 Å². The molecule has 1 aliphatic rings. The zero-order chi connectivity index (χ0) is 15.4. The third kappa shape index (κ3) is 3.29. The molecular formula is C16H19FN2O2. The molecule has 1 heterocycles. The summed E-state index contributed by atoms with van der Waals surface area (Å²) in [6, 6.07) is 5.63. The maximum atomic E-state index is 13.5. The van der Waals surface area contributed by atoms with Crippen LogP contribution in [0.1, 0.15) is 24.4 Å². The van der Waals surface area contributed by atoms with E-state index < -0.39 is 6.04 Å². The van der Waals surface area contributed by atoms with Crippen LogP contribution in [0.2, 0.25) is 0 Å². The van der Waals surface area contributed by atoms with E-state index in [1.54, 1.807) is 25.3 Å². The van der Waals surface area contributed by atoms with Crippen molar-refractivity contribution in [3.8, 4) is 0 Å². The molecule has 2 rings (SSSR count). The Morgan fingerprint density at radius 3 is 3.00 bits per heavy atom. The lowest BCUT2D eigenvalue weighted by Crippen LogP contribution is -2.46. The number of rotatable bonds is 4. The fourth-order valence-electron chi connectivity index (χ4n) is 2.76. The van der Waals surface area contributed by atoms with Gasteiger partial charge in [0, 0.05) is 20.0 Å². The number of hydrogen-bond donors (Lipinski definition) is 1. The van der Waals surface area contributed by atoms with Crippen LogP contribution in [-0.4, -0.2) is 30.3 Å². The second-order valence-corrected chi connectivity index (χ2v) is 5.18. The van der Waals surface area contributed by atoms with E-state index in [9.17, 15) is 14.0 Å². The van der Waals surface area contributed by atoms with E-state index in [1.165, 1.54) is 17.0 Å². The molecule has 2 amide bonds. The number of piperidine rings is 1. The third-order valence-electron chi connectivity index (χ3n) is 3.81. The first-order valence-corrected chi connectivity index (χ1v) is 6.94. The van der Waals surface area contributed by atoms with E-state index in [0.717, 1.165) is 0 Å². The number of hydrogen-bond acceptors (Lipinski definition) is 2. The fraction of sp³-hybridized carbons (Fsp3) is 0.375. The van der Waals surface area contributed by atoms with Gasteiger partial charge in [-0.3, -0.25) is 9.59 Å². The Morgan fingerprint density at radius 1 is 1.57 bits per heavy atom.